The number of hydrogen-bond donors (Lipinski definition) is 2. The molecule has 1 aromatic carbocycles. The maximum absolute atomic E-state index is 11.5. The summed E-state index contributed by atoms with van der Waals surface area (Å²) in [5, 5.41) is 6.20. The van der Waals surface area contributed by atoms with E-state index >= 15 is 0 Å². The quantitative estimate of drug-likeness (QED) is 0.734. The Labute approximate surface area is 89.2 Å². The summed E-state index contributed by atoms with van der Waals surface area (Å²) in [5.41, 5.74) is 2.81. The van der Waals surface area contributed by atoms with Crippen molar-refractivity contribution >= 4 is 23.4 Å². The molecular weight excluding hydrogens is 188 g/mol. The smallest absolute Gasteiger partial charge is 0.226 e. The third-order valence-corrected chi connectivity index (χ3v) is 2.47. The number of rotatable bonds is 1. The Morgan fingerprint density at radius 2 is 2.33 bits per heavy atom. The number of benzene rings is 1. The lowest BCUT2D eigenvalue weighted by Crippen LogP contribution is -2.19. The second-order valence-electron chi connectivity index (χ2n) is 3.77. The van der Waals surface area contributed by atoms with Crippen LogP contribution in [0.3, 0.4) is 0 Å². The Morgan fingerprint density at radius 3 is 3.07 bits per heavy atom. The van der Waals surface area contributed by atoms with E-state index in [0.29, 0.717) is 6.42 Å². The predicted molar refractivity (Wildman–Crippen MR) is 62.9 cm³/mol. The summed E-state index contributed by atoms with van der Waals surface area (Å²) in [6.07, 6.45) is 2.28. The summed E-state index contributed by atoms with van der Waals surface area (Å²) in [6.45, 7) is 5.76. The minimum atomic E-state index is 0.0509. The Morgan fingerprint density at radius 1 is 1.53 bits per heavy atom. The Bertz CT molecular complexity index is 412. The van der Waals surface area contributed by atoms with E-state index in [1.165, 1.54) is 0 Å². The molecule has 15 heavy (non-hydrogen) atoms. The maximum atomic E-state index is 11.5. The molecule has 1 atom stereocenters. The van der Waals surface area contributed by atoms with Gasteiger partial charge in [-0.15, -0.1) is 0 Å². The van der Waals surface area contributed by atoms with Gasteiger partial charge in [-0.05, 0) is 18.6 Å². The number of fused-ring (bicyclic) bond motifs is 1. The lowest BCUT2D eigenvalue weighted by Gasteiger charge is -2.14. The zero-order chi connectivity index (χ0) is 10.8. The van der Waals surface area contributed by atoms with Gasteiger partial charge in [-0.1, -0.05) is 24.8 Å². The summed E-state index contributed by atoms with van der Waals surface area (Å²) >= 11 is 0. The van der Waals surface area contributed by atoms with Gasteiger partial charge in [-0.3, -0.25) is 4.79 Å². The molecule has 1 aliphatic rings. The van der Waals surface area contributed by atoms with Crippen LogP contribution in [0.5, 0.6) is 0 Å². The molecule has 78 valence electrons. The topological polar surface area (TPSA) is 41.1 Å². The van der Waals surface area contributed by atoms with Crippen LogP contribution in [0.1, 0.15) is 18.9 Å². The highest BCUT2D eigenvalue weighted by Crippen LogP contribution is 2.30. The number of nitrogens with one attached hydrogen (secondary N) is 2. The molecule has 0 bridgehead atoms. The molecule has 1 aliphatic heterocycles. The summed E-state index contributed by atoms with van der Waals surface area (Å²) in [4.78, 5) is 11.5. The molecular formula is C12H14N2O. The van der Waals surface area contributed by atoms with E-state index in [2.05, 4.69) is 17.2 Å². The minimum Gasteiger partial charge on any atom is -0.380 e. The molecule has 0 spiro atoms. The van der Waals surface area contributed by atoms with E-state index in [1.54, 1.807) is 6.08 Å². The van der Waals surface area contributed by atoms with Crippen molar-refractivity contribution in [3.63, 3.8) is 0 Å². The van der Waals surface area contributed by atoms with Gasteiger partial charge in [0.05, 0.1) is 11.4 Å². The number of anilines is 2. The average molecular weight is 202 g/mol. The number of amides is 1. The van der Waals surface area contributed by atoms with E-state index in [9.17, 15) is 4.79 Å². The van der Waals surface area contributed by atoms with Crippen molar-refractivity contribution in [3.8, 4) is 0 Å². The van der Waals surface area contributed by atoms with Crippen molar-refractivity contribution in [2.24, 2.45) is 0 Å². The lowest BCUT2D eigenvalue weighted by atomic mass is 10.1. The zero-order valence-electron chi connectivity index (χ0n) is 8.71. The molecule has 0 radical (unpaired) electrons. The van der Waals surface area contributed by atoms with Crippen molar-refractivity contribution in [2.75, 3.05) is 10.6 Å². The molecule has 1 amide bonds. The van der Waals surface area contributed by atoms with Crippen LogP contribution in [0.15, 0.2) is 24.8 Å². The SMILES string of the molecule is C=Cc1cccc2c1NC(C)CC(=O)N2. The fraction of sp³-hybridized carbons (Fsp3) is 0.250. The van der Waals surface area contributed by atoms with Crippen molar-refractivity contribution in [1.29, 1.82) is 0 Å². The van der Waals surface area contributed by atoms with E-state index in [1.807, 2.05) is 25.1 Å². The van der Waals surface area contributed by atoms with Gasteiger partial charge >= 0.3 is 0 Å². The van der Waals surface area contributed by atoms with Crippen LogP contribution in [0.2, 0.25) is 0 Å². The number of para-hydroxylation sites is 1. The third kappa shape index (κ3) is 1.86. The second kappa shape index (κ2) is 3.77. The number of carbonyl (C=O) groups is 1. The van der Waals surface area contributed by atoms with E-state index in [4.69, 9.17) is 0 Å². The molecule has 3 nitrogen and oxygen atoms in total. The van der Waals surface area contributed by atoms with Crippen LogP contribution < -0.4 is 10.6 Å². The van der Waals surface area contributed by atoms with E-state index in [0.717, 1.165) is 16.9 Å². The van der Waals surface area contributed by atoms with Gasteiger partial charge < -0.3 is 10.6 Å². The number of hydrogen-bond acceptors (Lipinski definition) is 2. The Kier molecular flexibility index (Phi) is 2.46. The fourth-order valence-electron chi connectivity index (χ4n) is 1.78. The molecule has 1 aromatic rings. The van der Waals surface area contributed by atoms with Crippen LogP contribution in [-0.2, 0) is 4.79 Å². The monoisotopic (exact) mass is 202 g/mol. The standard InChI is InChI=1S/C12H14N2O/c1-3-9-5-4-6-10-12(9)13-8(2)7-11(15)14-10/h3-6,8,13H,1,7H2,2H3,(H,14,15). The predicted octanol–water partition coefficient (Wildman–Crippen LogP) is 2.47. The van der Waals surface area contributed by atoms with Crippen LogP contribution in [0.4, 0.5) is 11.4 Å². The van der Waals surface area contributed by atoms with Crippen molar-refractivity contribution in [3.05, 3.63) is 30.3 Å². The van der Waals surface area contributed by atoms with Gasteiger partial charge in [0.2, 0.25) is 5.91 Å². The van der Waals surface area contributed by atoms with Crippen molar-refractivity contribution in [1.82, 2.24) is 0 Å². The molecule has 0 aromatic heterocycles. The van der Waals surface area contributed by atoms with Gasteiger partial charge in [-0.25, -0.2) is 0 Å². The first-order valence-corrected chi connectivity index (χ1v) is 5.02. The molecule has 2 rings (SSSR count). The van der Waals surface area contributed by atoms with E-state index in [-0.39, 0.29) is 11.9 Å². The van der Waals surface area contributed by atoms with Crippen LogP contribution in [0.25, 0.3) is 6.08 Å². The van der Waals surface area contributed by atoms with Crippen LogP contribution in [-0.4, -0.2) is 11.9 Å². The largest absolute Gasteiger partial charge is 0.380 e. The molecule has 0 fully saturated rings. The molecule has 2 N–H and O–H groups in total. The van der Waals surface area contributed by atoms with Gasteiger partial charge in [0.15, 0.2) is 0 Å². The lowest BCUT2D eigenvalue weighted by molar-refractivity contribution is -0.116. The summed E-state index contributed by atoms with van der Waals surface area (Å²) in [6, 6.07) is 5.93. The Hall–Kier alpha value is -1.77. The van der Waals surface area contributed by atoms with Gasteiger partial charge in [0, 0.05) is 12.5 Å². The molecule has 1 heterocycles. The first-order chi connectivity index (χ1) is 7.20. The van der Waals surface area contributed by atoms with Gasteiger partial charge in [-0.2, -0.15) is 0 Å². The second-order valence-corrected chi connectivity index (χ2v) is 3.77. The summed E-state index contributed by atoms with van der Waals surface area (Å²) in [7, 11) is 0. The summed E-state index contributed by atoms with van der Waals surface area (Å²) in [5.74, 6) is 0.0509. The van der Waals surface area contributed by atoms with Crippen molar-refractivity contribution in [2.45, 2.75) is 19.4 Å². The van der Waals surface area contributed by atoms with Gasteiger partial charge in [0.25, 0.3) is 0 Å². The first-order valence-electron chi connectivity index (χ1n) is 5.02. The van der Waals surface area contributed by atoms with E-state index < -0.39 is 0 Å². The fourth-order valence-corrected chi connectivity index (χ4v) is 1.78. The molecule has 0 aliphatic carbocycles. The average Bonchev–Trinajstić information content (AvgIpc) is 2.33. The van der Waals surface area contributed by atoms with Crippen LogP contribution >= 0.6 is 0 Å². The van der Waals surface area contributed by atoms with Gasteiger partial charge in [0.1, 0.15) is 0 Å². The molecule has 0 saturated heterocycles. The molecule has 0 saturated carbocycles. The molecule has 1 unspecified atom stereocenters. The van der Waals surface area contributed by atoms with Crippen molar-refractivity contribution < 1.29 is 4.79 Å². The summed E-state index contributed by atoms with van der Waals surface area (Å²) < 4.78 is 0. The van der Waals surface area contributed by atoms with Crippen LogP contribution in [0, 0.1) is 0 Å². The molecule has 3 heteroatoms. The number of carbonyl (C=O) groups excluding carboxylic acids is 1. The normalized spacial score (nSPS) is 19.5. The minimum absolute atomic E-state index is 0.0509. The highest BCUT2D eigenvalue weighted by Gasteiger charge is 2.18. The maximum Gasteiger partial charge on any atom is 0.226 e. The Balaban J connectivity index is 2.50. The third-order valence-electron chi connectivity index (χ3n) is 2.47. The first kappa shape index (κ1) is 9.77. The highest BCUT2D eigenvalue weighted by atomic mass is 16.1. The highest BCUT2D eigenvalue weighted by molar-refractivity contribution is 5.98. The zero-order valence-corrected chi connectivity index (χ0v) is 8.71.